The Labute approximate surface area is 112 Å². The third kappa shape index (κ3) is 3.02. The van der Waals surface area contributed by atoms with Gasteiger partial charge >= 0.3 is 0 Å². The van der Waals surface area contributed by atoms with E-state index >= 15 is 0 Å². The molecule has 0 radical (unpaired) electrons. The molecule has 1 aromatic heterocycles. The molecule has 0 aliphatic rings. The molecule has 2 aromatic rings. The maximum absolute atomic E-state index is 13.2. The van der Waals surface area contributed by atoms with E-state index in [-0.39, 0.29) is 10.9 Å². The Morgan fingerprint density at radius 2 is 2.11 bits per heavy atom. The van der Waals surface area contributed by atoms with E-state index in [4.69, 9.17) is 22.1 Å². The monoisotopic (exact) mass is 285 g/mol. The third-order valence-corrected chi connectivity index (χ3v) is 2.85. The molecule has 7 heteroatoms. The third-order valence-electron chi connectivity index (χ3n) is 2.00. The Morgan fingerprint density at radius 1 is 1.33 bits per heavy atom. The summed E-state index contributed by atoms with van der Waals surface area (Å²) in [5, 5.41) is 0.522. The highest BCUT2D eigenvalue weighted by Gasteiger charge is 2.06. The molecule has 0 unspecified atom stereocenters. The molecule has 0 fully saturated rings. The number of nitrogens with zero attached hydrogens (tertiary/aromatic N) is 2. The van der Waals surface area contributed by atoms with E-state index in [0.717, 1.165) is 0 Å². The van der Waals surface area contributed by atoms with Crippen LogP contribution in [0, 0.1) is 5.82 Å². The van der Waals surface area contributed by atoms with Gasteiger partial charge in [-0.3, -0.25) is 0 Å². The highest BCUT2D eigenvalue weighted by atomic mass is 35.5. The lowest BCUT2D eigenvalue weighted by Gasteiger charge is -2.06. The Hall–Kier alpha value is -1.53. The van der Waals surface area contributed by atoms with Crippen molar-refractivity contribution in [3.63, 3.8) is 0 Å². The van der Waals surface area contributed by atoms with Gasteiger partial charge in [0.05, 0.1) is 5.02 Å². The number of hydrogen-bond donors (Lipinski definition) is 1. The lowest BCUT2D eigenvalue weighted by molar-refractivity contribution is 0.452. The number of nitrogen functional groups attached to an aromatic ring is 1. The molecule has 0 saturated carbocycles. The van der Waals surface area contributed by atoms with Crippen LogP contribution < -0.4 is 10.5 Å². The van der Waals surface area contributed by atoms with Crippen molar-refractivity contribution >= 4 is 29.2 Å². The number of nitrogens with two attached hydrogens (primary N) is 1. The fraction of sp³-hybridized carbons (Fsp3) is 0.0909. The fourth-order valence-corrected chi connectivity index (χ4v) is 1.72. The predicted molar refractivity (Wildman–Crippen MR) is 69.7 cm³/mol. The van der Waals surface area contributed by atoms with Crippen LogP contribution in [0.3, 0.4) is 0 Å². The van der Waals surface area contributed by atoms with Crippen LogP contribution in [-0.4, -0.2) is 16.2 Å². The molecular weight excluding hydrogens is 277 g/mol. The molecule has 0 bridgehead atoms. The molecule has 0 atom stereocenters. The van der Waals surface area contributed by atoms with Crippen molar-refractivity contribution in [2.75, 3.05) is 12.0 Å². The van der Waals surface area contributed by atoms with E-state index in [1.54, 1.807) is 6.07 Å². The largest absolute Gasteiger partial charge is 0.439 e. The summed E-state index contributed by atoms with van der Waals surface area (Å²) in [5.74, 6) is 0.288. The Bertz CT molecular complexity index is 582. The minimum absolute atomic E-state index is 0.0364. The van der Waals surface area contributed by atoms with Gasteiger partial charge in [0.25, 0.3) is 0 Å². The first-order valence-corrected chi connectivity index (χ1v) is 6.50. The van der Waals surface area contributed by atoms with Gasteiger partial charge in [0.2, 0.25) is 5.88 Å². The number of halogens is 2. The molecule has 0 aliphatic carbocycles. The first kappa shape index (κ1) is 12.9. The lowest BCUT2D eigenvalue weighted by Crippen LogP contribution is -1.97. The number of benzene rings is 1. The minimum Gasteiger partial charge on any atom is -0.439 e. The first-order valence-electron chi connectivity index (χ1n) is 4.90. The number of hydrogen-bond acceptors (Lipinski definition) is 5. The topological polar surface area (TPSA) is 61.0 Å². The van der Waals surface area contributed by atoms with Gasteiger partial charge in [0.1, 0.15) is 17.4 Å². The maximum Gasteiger partial charge on any atom is 0.225 e. The zero-order valence-corrected chi connectivity index (χ0v) is 10.9. The van der Waals surface area contributed by atoms with Gasteiger partial charge in [-0.15, -0.1) is 0 Å². The average molecular weight is 286 g/mol. The standard InChI is InChI=1S/C11H9ClFN3OS/c1-18-11-15-9(14)5-10(16-11)17-6-2-3-7(12)8(13)4-6/h2-5H,1H3,(H2,14,15,16). The zero-order chi connectivity index (χ0) is 13.1. The van der Waals surface area contributed by atoms with Crippen molar-refractivity contribution in [1.29, 1.82) is 0 Å². The van der Waals surface area contributed by atoms with Crippen LogP contribution in [0.1, 0.15) is 0 Å². The first-order chi connectivity index (χ1) is 8.58. The van der Waals surface area contributed by atoms with E-state index < -0.39 is 5.82 Å². The quantitative estimate of drug-likeness (QED) is 0.692. The summed E-state index contributed by atoms with van der Waals surface area (Å²) < 4.78 is 18.6. The van der Waals surface area contributed by atoms with Gasteiger partial charge in [0.15, 0.2) is 5.16 Å². The molecule has 94 valence electrons. The van der Waals surface area contributed by atoms with Crippen LogP contribution >= 0.6 is 23.4 Å². The second-order valence-corrected chi connectivity index (χ2v) is 4.48. The van der Waals surface area contributed by atoms with Crippen molar-refractivity contribution < 1.29 is 9.13 Å². The maximum atomic E-state index is 13.2. The van der Waals surface area contributed by atoms with Gasteiger partial charge in [-0.05, 0) is 18.4 Å². The number of ether oxygens (including phenoxy) is 1. The fourth-order valence-electron chi connectivity index (χ4n) is 1.23. The van der Waals surface area contributed by atoms with E-state index in [2.05, 4.69) is 9.97 Å². The van der Waals surface area contributed by atoms with Gasteiger partial charge < -0.3 is 10.5 Å². The average Bonchev–Trinajstić information content (AvgIpc) is 2.33. The van der Waals surface area contributed by atoms with Crippen LogP contribution in [0.2, 0.25) is 5.02 Å². The van der Waals surface area contributed by atoms with Gasteiger partial charge in [-0.1, -0.05) is 23.4 Å². The number of anilines is 1. The van der Waals surface area contributed by atoms with E-state index in [9.17, 15) is 4.39 Å². The molecule has 2 N–H and O–H groups in total. The second kappa shape index (κ2) is 5.41. The molecule has 4 nitrogen and oxygen atoms in total. The summed E-state index contributed by atoms with van der Waals surface area (Å²) in [5.41, 5.74) is 5.60. The van der Waals surface area contributed by atoms with Gasteiger partial charge in [-0.2, -0.15) is 4.98 Å². The summed E-state index contributed by atoms with van der Waals surface area (Å²) >= 11 is 6.91. The van der Waals surface area contributed by atoms with Gasteiger partial charge in [-0.25, -0.2) is 9.37 Å². The van der Waals surface area contributed by atoms with E-state index in [1.165, 1.54) is 30.0 Å². The Kier molecular flexibility index (Phi) is 3.88. The summed E-state index contributed by atoms with van der Waals surface area (Å²) in [4.78, 5) is 8.07. The molecular formula is C11H9ClFN3OS. The number of aromatic nitrogens is 2. The molecule has 1 aromatic carbocycles. The van der Waals surface area contributed by atoms with Crippen molar-refractivity contribution in [1.82, 2.24) is 9.97 Å². The highest BCUT2D eigenvalue weighted by molar-refractivity contribution is 7.98. The summed E-state index contributed by atoms with van der Waals surface area (Å²) in [6.07, 6.45) is 1.82. The molecule has 0 amide bonds. The molecule has 18 heavy (non-hydrogen) atoms. The summed E-state index contributed by atoms with van der Waals surface area (Å²) in [6, 6.07) is 5.60. The molecule has 0 spiro atoms. The summed E-state index contributed by atoms with van der Waals surface area (Å²) in [6.45, 7) is 0. The molecule has 0 saturated heterocycles. The van der Waals surface area contributed by atoms with Crippen LogP contribution in [-0.2, 0) is 0 Å². The predicted octanol–water partition coefficient (Wildman–Crippen LogP) is 3.37. The van der Waals surface area contributed by atoms with Crippen LogP contribution in [0.15, 0.2) is 29.4 Å². The molecule has 1 heterocycles. The molecule has 2 rings (SSSR count). The number of thioether (sulfide) groups is 1. The number of rotatable bonds is 3. The van der Waals surface area contributed by atoms with Crippen molar-refractivity contribution in [3.05, 3.63) is 35.1 Å². The smallest absolute Gasteiger partial charge is 0.225 e. The van der Waals surface area contributed by atoms with E-state index in [0.29, 0.717) is 16.7 Å². The SMILES string of the molecule is CSc1nc(N)cc(Oc2ccc(Cl)c(F)c2)n1. The van der Waals surface area contributed by atoms with Crippen molar-refractivity contribution in [3.8, 4) is 11.6 Å². The Morgan fingerprint density at radius 3 is 2.78 bits per heavy atom. The van der Waals surface area contributed by atoms with Crippen LogP contribution in [0.4, 0.5) is 10.2 Å². The zero-order valence-electron chi connectivity index (χ0n) is 9.35. The van der Waals surface area contributed by atoms with Crippen molar-refractivity contribution in [2.24, 2.45) is 0 Å². The van der Waals surface area contributed by atoms with Crippen LogP contribution in [0.25, 0.3) is 0 Å². The van der Waals surface area contributed by atoms with Crippen molar-refractivity contribution in [2.45, 2.75) is 5.16 Å². The lowest BCUT2D eigenvalue weighted by atomic mass is 10.3. The molecule has 0 aliphatic heterocycles. The Balaban J connectivity index is 2.27. The minimum atomic E-state index is -0.554. The summed E-state index contributed by atoms with van der Waals surface area (Å²) in [7, 11) is 0. The normalized spacial score (nSPS) is 10.4. The van der Waals surface area contributed by atoms with Crippen LogP contribution in [0.5, 0.6) is 11.6 Å². The van der Waals surface area contributed by atoms with E-state index in [1.807, 2.05) is 6.26 Å². The highest BCUT2D eigenvalue weighted by Crippen LogP contribution is 2.26. The van der Waals surface area contributed by atoms with Gasteiger partial charge in [0, 0.05) is 12.1 Å². The second-order valence-electron chi connectivity index (χ2n) is 3.30.